The summed E-state index contributed by atoms with van der Waals surface area (Å²) in [6.07, 6.45) is 4.12. The Morgan fingerprint density at radius 3 is 3.06 bits per heavy atom. The number of nitrogens with zero attached hydrogens (tertiary/aromatic N) is 2. The van der Waals surface area contributed by atoms with Crippen molar-refractivity contribution in [2.45, 2.75) is 6.42 Å². The molecule has 88 valence electrons. The maximum atomic E-state index is 11.7. The number of hydrogen-bond donors (Lipinski definition) is 2. The van der Waals surface area contributed by atoms with E-state index in [4.69, 9.17) is 0 Å². The van der Waals surface area contributed by atoms with E-state index in [0.717, 1.165) is 5.82 Å². The number of rotatable bonds is 4. The van der Waals surface area contributed by atoms with Crippen molar-refractivity contribution in [1.29, 1.82) is 0 Å². The molecule has 17 heavy (non-hydrogen) atoms. The first-order chi connectivity index (χ1) is 8.25. The SMILES string of the molecule is O=C(NCCc1ncc[nH]1)c1cccc(Br)n1. The fraction of sp³-hybridized carbons (Fsp3) is 0.182. The topological polar surface area (TPSA) is 70.7 Å². The summed E-state index contributed by atoms with van der Waals surface area (Å²) in [6.45, 7) is 0.528. The van der Waals surface area contributed by atoms with Gasteiger partial charge < -0.3 is 10.3 Å². The summed E-state index contributed by atoms with van der Waals surface area (Å²) in [6, 6.07) is 5.23. The van der Waals surface area contributed by atoms with Gasteiger partial charge in [-0.05, 0) is 28.1 Å². The molecule has 0 bridgehead atoms. The highest BCUT2D eigenvalue weighted by atomic mass is 79.9. The van der Waals surface area contributed by atoms with Crippen LogP contribution in [0.2, 0.25) is 0 Å². The van der Waals surface area contributed by atoms with E-state index < -0.39 is 0 Å². The molecular formula is C11H11BrN4O. The Morgan fingerprint density at radius 2 is 2.35 bits per heavy atom. The van der Waals surface area contributed by atoms with Crippen LogP contribution in [-0.2, 0) is 6.42 Å². The molecule has 5 nitrogen and oxygen atoms in total. The van der Waals surface area contributed by atoms with E-state index in [1.807, 2.05) is 0 Å². The summed E-state index contributed by atoms with van der Waals surface area (Å²) < 4.78 is 0.649. The predicted octanol–water partition coefficient (Wildman–Crippen LogP) is 1.54. The van der Waals surface area contributed by atoms with Gasteiger partial charge >= 0.3 is 0 Å². The van der Waals surface area contributed by atoms with E-state index in [2.05, 4.69) is 36.2 Å². The van der Waals surface area contributed by atoms with E-state index in [9.17, 15) is 4.79 Å². The average molecular weight is 295 g/mol. The Morgan fingerprint density at radius 1 is 1.47 bits per heavy atom. The number of pyridine rings is 1. The lowest BCUT2D eigenvalue weighted by molar-refractivity contribution is 0.0949. The number of nitrogens with one attached hydrogen (secondary N) is 2. The molecule has 0 aliphatic carbocycles. The Bertz CT molecular complexity index is 498. The van der Waals surface area contributed by atoms with Crippen LogP contribution >= 0.6 is 15.9 Å². The zero-order valence-corrected chi connectivity index (χ0v) is 10.6. The van der Waals surface area contributed by atoms with Gasteiger partial charge in [-0.2, -0.15) is 0 Å². The minimum absolute atomic E-state index is 0.183. The standard InChI is InChI=1S/C11H11BrN4O/c12-9-3-1-2-8(16-9)11(17)15-5-4-10-13-6-7-14-10/h1-3,6-7H,4-5H2,(H,13,14)(H,15,17). The Kier molecular flexibility index (Phi) is 3.87. The van der Waals surface area contributed by atoms with Crippen LogP contribution in [0.3, 0.4) is 0 Å². The second-order valence-electron chi connectivity index (χ2n) is 3.39. The first kappa shape index (κ1) is 11.8. The zero-order valence-electron chi connectivity index (χ0n) is 8.98. The highest BCUT2D eigenvalue weighted by molar-refractivity contribution is 9.10. The molecule has 0 aliphatic heterocycles. The van der Waals surface area contributed by atoms with Crippen LogP contribution in [0.25, 0.3) is 0 Å². The van der Waals surface area contributed by atoms with Crippen molar-refractivity contribution in [1.82, 2.24) is 20.3 Å². The molecule has 2 aromatic heterocycles. The summed E-state index contributed by atoms with van der Waals surface area (Å²) >= 11 is 3.22. The lowest BCUT2D eigenvalue weighted by Crippen LogP contribution is -2.26. The van der Waals surface area contributed by atoms with E-state index in [1.54, 1.807) is 30.6 Å². The van der Waals surface area contributed by atoms with Crippen LogP contribution in [0.4, 0.5) is 0 Å². The molecule has 0 fully saturated rings. The van der Waals surface area contributed by atoms with E-state index >= 15 is 0 Å². The molecule has 2 aromatic rings. The van der Waals surface area contributed by atoms with Gasteiger partial charge in [-0.3, -0.25) is 4.79 Å². The molecule has 0 atom stereocenters. The molecule has 2 rings (SSSR count). The first-order valence-corrected chi connectivity index (χ1v) is 5.94. The van der Waals surface area contributed by atoms with E-state index in [1.165, 1.54) is 0 Å². The second-order valence-corrected chi connectivity index (χ2v) is 4.20. The van der Waals surface area contributed by atoms with E-state index in [-0.39, 0.29) is 5.91 Å². The number of carbonyl (C=O) groups is 1. The van der Waals surface area contributed by atoms with Gasteiger partial charge in [0.15, 0.2) is 0 Å². The number of amides is 1. The van der Waals surface area contributed by atoms with Crippen molar-refractivity contribution in [3.05, 3.63) is 46.7 Å². The van der Waals surface area contributed by atoms with Gasteiger partial charge in [-0.25, -0.2) is 9.97 Å². The number of hydrogen-bond acceptors (Lipinski definition) is 3. The molecule has 0 unspecified atom stereocenters. The molecule has 0 radical (unpaired) electrons. The molecule has 2 N–H and O–H groups in total. The highest BCUT2D eigenvalue weighted by Gasteiger charge is 2.06. The maximum absolute atomic E-state index is 11.7. The zero-order chi connectivity index (χ0) is 12.1. The van der Waals surface area contributed by atoms with Gasteiger partial charge in [-0.15, -0.1) is 0 Å². The lowest BCUT2D eigenvalue weighted by Gasteiger charge is -2.03. The van der Waals surface area contributed by atoms with Crippen molar-refractivity contribution in [2.75, 3.05) is 6.54 Å². The molecule has 2 heterocycles. The summed E-state index contributed by atoms with van der Waals surface area (Å²) in [5.74, 6) is 0.672. The summed E-state index contributed by atoms with van der Waals surface area (Å²) in [4.78, 5) is 22.8. The third-order valence-electron chi connectivity index (χ3n) is 2.15. The third-order valence-corrected chi connectivity index (χ3v) is 2.59. The highest BCUT2D eigenvalue weighted by Crippen LogP contribution is 2.05. The number of aromatic amines is 1. The molecule has 1 amide bonds. The fourth-order valence-corrected chi connectivity index (χ4v) is 1.70. The quantitative estimate of drug-likeness (QED) is 0.841. The van der Waals surface area contributed by atoms with Crippen LogP contribution < -0.4 is 5.32 Å². The van der Waals surface area contributed by atoms with Crippen molar-refractivity contribution < 1.29 is 4.79 Å². The first-order valence-electron chi connectivity index (χ1n) is 5.15. The van der Waals surface area contributed by atoms with Gasteiger partial charge in [0.05, 0.1) is 0 Å². The normalized spacial score (nSPS) is 10.2. The van der Waals surface area contributed by atoms with Crippen LogP contribution in [0.1, 0.15) is 16.3 Å². The van der Waals surface area contributed by atoms with E-state index in [0.29, 0.717) is 23.3 Å². The number of halogens is 1. The number of imidazole rings is 1. The van der Waals surface area contributed by atoms with Crippen LogP contribution in [0, 0.1) is 0 Å². The van der Waals surface area contributed by atoms with Gasteiger partial charge in [0.2, 0.25) is 0 Å². The second kappa shape index (κ2) is 5.58. The number of carbonyl (C=O) groups excluding carboxylic acids is 1. The fourth-order valence-electron chi connectivity index (χ4n) is 1.35. The molecule has 0 aliphatic rings. The molecular weight excluding hydrogens is 284 g/mol. The third kappa shape index (κ3) is 3.39. The van der Waals surface area contributed by atoms with Crippen molar-refractivity contribution in [3.8, 4) is 0 Å². The van der Waals surface area contributed by atoms with Crippen LogP contribution in [0.5, 0.6) is 0 Å². The molecule has 6 heteroatoms. The summed E-state index contributed by atoms with van der Waals surface area (Å²) in [5, 5.41) is 2.78. The molecule has 0 saturated carbocycles. The van der Waals surface area contributed by atoms with Crippen LogP contribution in [-0.4, -0.2) is 27.4 Å². The smallest absolute Gasteiger partial charge is 0.269 e. The van der Waals surface area contributed by atoms with Crippen LogP contribution in [0.15, 0.2) is 35.2 Å². The van der Waals surface area contributed by atoms with Gasteiger partial charge in [0, 0.05) is 25.4 Å². The Labute approximate surface area is 107 Å². The lowest BCUT2D eigenvalue weighted by atomic mass is 10.3. The van der Waals surface area contributed by atoms with Crippen molar-refractivity contribution in [3.63, 3.8) is 0 Å². The van der Waals surface area contributed by atoms with Crippen molar-refractivity contribution in [2.24, 2.45) is 0 Å². The molecule has 0 saturated heterocycles. The largest absolute Gasteiger partial charge is 0.350 e. The monoisotopic (exact) mass is 294 g/mol. The molecule has 0 spiro atoms. The Hall–Kier alpha value is -1.69. The average Bonchev–Trinajstić information content (AvgIpc) is 2.82. The van der Waals surface area contributed by atoms with Gasteiger partial charge in [0.25, 0.3) is 5.91 Å². The van der Waals surface area contributed by atoms with Crippen molar-refractivity contribution >= 4 is 21.8 Å². The Balaban J connectivity index is 1.85. The summed E-state index contributed by atoms with van der Waals surface area (Å²) in [5.41, 5.74) is 0.402. The van der Waals surface area contributed by atoms with Gasteiger partial charge in [0.1, 0.15) is 16.1 Å². The summed E-state index contributed by atoms with van der Waals surface area (Å²) in [7, 11) is 0. The maximum Gasteiger partial charge on any atom is 0.269 e. The van der Waals surface area contributed by atoms with Gasteiger partial charge in [-0.1, -0.05) is 6.07 Å². The predicted molar refractivity (Wildman–Crippen MR) is 66.6 cm³/mol. The minimum atomic E-state index is -0.183. The minimum Gasteiger partial charge on any atom is -0.350 e. The molecule has 0 aromatic carbocycles. The number of aromatic nitrogens is 3. The number of H-pyrrole nitrogens is 1.